The molecule has 0 amide bonds. The molecule has 148 valence electrons. The summed E-state index contributed by atoms with van der Waals surface area (Å²) in [5.74, 6) is 0.760. The van der Waals surface area contributed by atoms with Crippen molar-refractivity contribution in [1.29, 1.82) is 0 Å². The summed E-state index contributed by atoms with van der Waals surface area (Å²) in [6.45, 7) is 4.68. The Morgan fingerprint density at radius 3 is 2.48 bits per heavy atom. The summed E-state index contributed by atoms with van der Waals surface area (Å²) in [5.41, 5.74) is 4.49. The van der Waals surface area contributed by atoms with Crippen LogP contribution in [-0.4, -0.2) is 33.8 Å². The Morgan fingerprint density at radius 2 is 1.83 bits per heavy atom. The van der Waals surface area contributed by atoms with Gasteiger partial charge in [0.2, 0.25) is 0 Å². The second kappa shape index (κ2) is 7.50. The second-order valence-electron chi connectivity index (χ2n) is 7.27. The highest BCUT2D eigenvalue weighted by Crippen LogP contribution is 2.29. The van der Waals surface area contributed by atoms with Crippen LogP contribution in [0.3, 0.4) is 0 Å². The van der Waals surface area contributed by atoms with E-state index < -0.39 is 0 Å². The van der Waals surface area contributed by atoms with Crippen LogP contribution in [0.25, 0.3) is 16.9 Å². The Labute approximate surface area is 169 Å². The van der Waals surface area contributed by atoms with Crippen LogP contribution >= 0.6 is 0 Å². The first-order chi connectivity index (χ1) is 13.9. The van der Waals surface area contributed by atoms with Crippen molar-refractivity contribution in [3.63, 3.8) is 0 Å². The molecule has 0 bridgehead atoms. The van der Waals surface area contributed by atoms with Crippen molar-refractivity contribution in [1.82, 2.24) is 19.7 Å². The second-order valence-corrected chi connectivity index (χ2v) is 7.27. The zero-order chi connectivity index (χ0) is 20.5. The van der Waals surface area contributed by atoms with Gasteiger partial charge in [-0.15, -0.1) is 0 Å². The number of nitrogens with one attached hydrogen (secondary N) is 1. The lowest BCUT2D eigenvalue weighted by atomic mass is 10.0. The molecular formula is C22H23FN6. The highest BCUT2D eigenvalue weighted by molar-refractivity contribution is 5.92. The van der Waals surface area contributed by atoms with Gasteiger partial charge in [-0.05, 0) is 42.7 Å². The standard InChI is InChI=1S/C22H23FN6/c1-14-7-5-8-15(2)17(14)13-24-20-11-16-19(12-18(20)23)26-22(27-21(16)28(3)4)29-10-6-9-25-29/h5-12,24H,13H2,1-4H3. The fourth-order valence-corrected chi connectivity index (χ4v) is 3.40. The Balaban J connectivity index is 1.76. The van der Waals surface area contributed by atoms with Crippen molar-refractivity contribution in [3.05, 3.63) is 71.3 Å². The van der Waals surface area contributed by atoms with Crippen LogP contribution in [0.5, 0.6) is 0 Å². The molecule has 0 aliphatic heterocycles. The fraction of sp³-hybridized carbons (Fsp3) is 0.227. The monoisotopic (exact) mass is 390 g/mol. The molecule has 6 nitrogen and oxygen atoms in total. The third-order valence-electron chi connectivity index (χ3n) is 4.99. The molecule has 0 unspecified atom stereocenters. The Hall–Kier alpha value is -3.48. The van der Waals surface area contributed by atoms with Gasteiger partial charge in [0.05, 0.1) is 11.2 Å². The van der Waals surface area contributed by atoms with Crippen LogP contribution in [0.1, 0.15) is 16.7 Å². The van der Waals surface area contributed by atoms with E-state index in [4.69, 9.17) is 0 Å². The van der Waals surface area contributed by atoms with E-state index in [2.05, 4.69) is 46.4 Å². The third kappa shape index (κ3) is 3.63. The van der Waals surface area contributed by atoms with E-state index in [1.54, 1.807) is 29.2 Å². The summed E-state index contributed by atoms with van der Waals surface area (Å²) < 4.78 is 16.4. The van der Waals surface area contributed by atoms with E-state index in [0.29, 0.717) is 29.5 Å². The van der Waals surface area contributed by atoms with E-state index in [1.807, 2.05) is 25.1 Å². The van der Waals surface area contributed by atoms with Crippen molar-refractivity contribution < 1.29 is 4.39 Å². The normalized spacial score (nSPS) is 11.1. The molecule has 1 N–H and O–H groups in total. The molecule has 4 aromatic rings. The number of fused-ring (bicyclic) bond motifs is 1. The summed E-state index contributed by atoms with van der Waals surface area (Å²) in [4.78, 5) is 11.0. The van der Waals surface area contributed by atoms with E-state index in [1.165, 1.54) is 22.8 Å². The van der Waals surface area contributed by atoms with E-state index in [9.17, 15) is 4.39 Å². The smallest absolute Gasteiger partial charge is 0.253 e. The first-order valence-corrected chi connectivity index (χ1v) is 9.41. The van der Waals surface area contributed by atoms with Crippen molar-refractivity contribution in [2.45, 2.75) is 20.4 Å². The number of nitrogens with zero attached hydrogens (tertiary/aromatic N) is 5. The van der Waals surface area contributed by atoms with Gasteiger partial charge in [0.15, 0.2) is 0 Å². The number of aryl methyl sites for hydroxylation is 2. The third-order valence-corrected chi connectivity index (χ3v) is 4.99. The molecule has 2 aromatic carbocycles. The molecule has 0 atom stereocenters. The van der Waals surface area contributed by atoms with E-state index in [0.717, 1.165) is 5.39 Å². The first kappa shape index (κ1) is 18.9. The molecule has 0 saturated heterocycles. The molecule has 0 radical (unpaired) electrons. The van der Waals surface area contributed by atoms with Gasteiger partial charge >= 0.3 is 0 Å². The lowest BCUT2D eigenvalue weighted by Gasteiger charge is -2.17. The number of anilines is 2. The maximum atomic E-state index is 14.9. The Bertz CT molecular complexity index is 1150. The van der Waals surface area contributed by atoms with Crippen LogP contribution < -0.4 is 10.2 Å². The number of hydrogen-bond acceptors (Lipinski definition) is 5. The minimum atomic E-state index is -0.349. The van der Waals surface area contributed by atoms with Crippen molar-refractivity contribution in [2.75, 3.05) is 24.3 Å². The molecule has 0 fully saturated rings. The molecule has 2 heterocycles. The predicted octanol–water partition coefficient (Wildman–Crippen LogP) is 4.25. The van der Waals surface area contributed by atoms with Gasteiger partial charge in [-0.2, -0.15) is 10.1 Å². The molecule has 7 heteroatoms. The minimum absolute atomic E-state index is 0.349. The first-order valence-electron chi connectivity index (χ1n) is 9.41. The molecule has 4 rings (SSSR count). The molecule has 0 saturated carbocycles. The van der Waals surface area contributed by atoms with Crippen molar-refractivity contribution in [3.8, 4) is 5.95 Å². The molecule has 0 aliphatic rings. The maximum Gasteiger partial charge on any atom is 0.253 e. The van der Waals surface area contributed by atoms with Crippen LogP contribution in [0.15, 0.2) is 48.8 Å². The molecule has 0 spiro atoms. The van der Waals surface area contributed by atoms with Gasteiger partial charge in [0, 0.05) is 44.5 Å². The number of halogens is 1. The summed E-state index contributed by atoms with van der Waals surface area (Å²) in [6.07, 6.45) is 3.42. The van der Waals surface area contributed by atoms with E-state index in [-0.39, 0.29) is 5.82 Å². The highest BCUT2D eigenvalue weighted by atomic mass is 19.1. The molecule has 2 aromatic heterocycles. The number of benzene rings is 2. The van der Waals surface area contributed by atoms with Crippen LogP contribution in [0.2, 0.25) is 0 Å². The zero-order valence-electron chi connectivity index (χ0n) is 16.9. The Morgan fingerprint density at radius 1 is 1.07 bits per heavy atom. The molecule has 29 heavy (non-hydrogen) atoms. The van der Waals surface area contributed by atoms with Crippen molar-refractivity contribution in [2.24, 2.45) is 0 Å². The summed E-state index contributed by atoms with van der Waals surface area (Å²) in [5, 5.41) is 8.20. The van der Waals surface area contributed by atoms with Gasteiger partial charge < -0.3 is 10.2 Å². The SMILES string of the molecule is Cc1cccc(C)c1CNc1cc2c(N(C)C)nc(-n3cccn3)nc2cc1F. The fourth-order valence-electron chi connectivity index (χ4n) is 3.40. The van der Waals surface area contributed by atoms with Gasteiger partial charge in [0.1, 0.15) is 11.6 Å². The maximum absolute atomic E-state index is 14.9. The molecule has 0 aliphatic carbocycles. The predicted molar refractivity (Wildman–Crippen MR) is 114 cm³/mol. The van der Waals surface area contributed by atoms with Crippen LogP contribution in [0.4, 0.5) is 15.9 Å². The van der Waals surface area contributed by atoms with Gasteiger partial charge in [-0.3, -0.25) is 0 Å². The van der Waals surface area contributed by atoms with Crippen LogP contribution in [-0.2, 0) is 6.54 Å². The summed E-state index contributed by atoms with van der Waals surface area (Å²) in [7, 11) is 3.81. The largest absolute Gasteiger partial charge is 0.379 e. The van der Waals surface area contributed by atoms with Gasteiger partial charge in [-0.1, -0.05) is 18.2 Å². The number of hydrogen-bond donors (Lipinski definition) is 1. The van der Waals surface area contributed by atoms with Gasteiger partial charge in [-0.25, -0.2) is 14.1 Å². The van der Waals surface area contributed by atoms with E-state index >= 15 is 0 Å². The topological polar surface area (TPSA) is 58.9 Å². The van der Waals surface area contributed by atoms with Gasteiger partial charge in [0.25, 0.3) is 5.95 Å². The average molecular weight is 390 g/mol. The lowest BCUT2D eigenvalue weighted by molar-refractivity contribution is 0.631. The lowest BCUT2D eigenvalue weighted by Crippen LogP contribution is -2.14. The molecular weight excluding hydrogens is 367 g/mol. The highest BCUT2D eigenvalue weighted by Gasteiger charge is 2.15. The quantitative estimate of drug-likeness (QED) is 0.552. The Kier molecular flexibility index (Phi) is 4.88. The minimum Gasteiger partial charge on any atom is -0.379 e. The number of aromatic nitrogens is 4. The van der Waals surface area contributed by atoms with Crippen molar-refractivity contribution >= 4 is 22.4 Å². The average Bonchev–Trinajstić information content (AvgIpc) is 3.21. The summed E-state index contributed by atoms with van der Waals surface area (Å²) >= 11 is 0. The summed E-state index contributed by atoms with van der Waals surface area (Å²) in [6, 6.07) is 11.2. The van der Waals surface area contributed by atoms with Crippen LogP contribution in [0, 0.1) is 19.7 Å². The zero-order valence-corrected chi connectivity index (χ0v) is 16.9. The number of rotatable bonds is 5.